The first-order valence-corrected chi connectivity index (χ1v) is 8.25. The molecule has 0 saturated heterocycles. The predicted molar refractivity (Wildman–Crippen MR) is 87.6 cm³/mol. The maximum atomic E-state index is 14.1. The zero-order valence-corrected chi connectivity index (χ0v) is 12.8. The van der Waals surface area contributed by atoms with E-state index in [0.29, 0.717) is 11.6 Å². The number of thiazole rings is 1. The summed E-state index contributed by atoms with van der Waals surface area (Å²) in [4.78, 5) is 5.67. The van der Waals surface area contributed by atoms with E-state index in [1.807, 2.05) is 47.8 Å². The van der Waals surface area contributed by atoms with Crippen molar-refractivity contribution in [3.05, 3.63) is 70.6 Å². The van der Waals surface area contributed by atoms with E-state index in [-0.39, 0.29) is 5.82 Å². The molecule has 1 aliphatic carbocycles. The molecular weight excluding hydrogens is 295 g/mol. The summed E-state index contributed by atoms with van der Waals surface area (Å²) in [5.41, 5.74) is 2.51. The monoisotopic (exact) mass is 310 g/mol. The molecule has 2 aromatic carbocycles. The van der Waals surface area contributed by atoms with Gasteiger partial charge in [0.15, 0.2) is 4.80 Å². The molecule has 0 N–H and O–H groups in total. The third kappa shape index (κ3) is 2.50. The maximum Gasteiger partial charge on any atom is 0.190 e. The second kappa shape index (κ2) is 5.54. The molecule has 110 valence electrons. The second-order valence-electron chi connectivity index (χ2n) is 5.43. The van der Waals surface area contributed by atoms with Crippen LogP contribution in [0.15, 0.2) is 65.0 Å². The summed E-state index contributed by atoms with van der Waals surface area (Å²) in [5, 5.41) is 2.01. The summed E-state index contributed by atoms with van der Waals surface area (Å²) < 4.78 is 16.3. The fourth-order valence-corrected chi connectivity index (χ4v) is 3.54. The molecule has 1 aromatic heterocycles. The summed E-state index contributed by atoms with van der Waals surface area (Å²) in [6.07, 6.45) is 2.28. The highest BCUT2D eigenvalue weighted by molar-refractivity contribution is 7.07. The Hall–Kier alpha value is -2.20. The van der Waals surface area contributed by atoms with E-state index >= 15 is 0 Å². The van der Waals surface area contributed by atoms with Crippen LogP contribution in [0, 0.1) is 5.82 Å². The molecule has 3 aromatic rings. The van der Waals surface area contributed by atoms with Gasteiger partial charge in [0.05, 0.1) is 11.4 Å². The third-order valence-electron chi connectivity index (χ3n) is 3.78. The summed E-state index contributed by atoms with van der Waals surface area (Å²) in [6.45, 7) is 0. The van der Waals surface area contributed by atoms with Gasteiger partial charge in [0.25, 0.3) is 0 Å². The Labute approximate surface area is 132 Å². The van der Waals surface area contributed by atoms with Crippen LogP contribution in [0.3, 0.4) is 0 Å². The molecule has 1 aliphatic rings. The molecule has 1 saturated carbocycles. The topological polar surface area (TPSA) is 17.3 Å². The van der Waals surface area contributed by atoms with Gasteiger partial charge in [0.1, 0.15) is 5.82 Å². The number of hydrogen-bond acceptors (Lipinski definition) is 2. The van der Waals surface area contributed by atoms with Crippen LogP contribution in [0.2, 0.25) is 0 Å². The number of para-hydroxylation sites is 1. The van der Waals surface area contributed by atoms with Crippen molar-refractivity contribution in [3.8, 4) is 11.3 Å². The van der Waals surface area contributed by atoms with Crippen molar-refractivity contribution in [1.82, 2.24) is 4.57 Å². The second-order valence-corrected chi connectivity index (χ2v) is 6.27. The van der Waals surface area contributed by atoms with Crippen LogP contribution in [0.1, 0.15) is 18.9 Å². The van der Waals surface area contributed by atoms with Gasteiger partial charge < -0.3 is 4.57 Å². The van der Waals surface area contributed by atoms with E-state index in [1.165, 1.54) is 6.07 Å². The van der Waals surface area contributed by atoms with Crippen molar-refractivity contribution < 1.29 is 4.39 Å². The average Bonchev–Trinajstić information content (AvgIpc) is 3.30. The zero-order valence-electron chi connectivity index (χ0n) is 11.9. The van der Waals surface area contributed by atoms with Crippen LogP contribution in [0.4, 0.5) is 10.1 Å². The maximum absolute atomic E-state index is 14.1. The Kier molecular flexibility index (Phi) is 3.39. The van der Waals surface area contributed by atoms with E-state index in [4.69, 9.17) is 4.99 Å². The van der Waals surface area contributed by atoms with Crippen LogP contribution >= 0.6 is 11.3 Å². The molecule has 0 spiro atoms. The van der Waals surface area contributed by atoms with Crippen molar-refractivity contribution in [2.75, 3.05) is 0 Å². The third-order valence-corrected chi connectivity index (χ3v) is 4.62. The van der Waals surface area contributed by atoms with Gasteiger partial charge >= 0.3 is 0 Å². The van der Waals surface area contributed by atoms with E-state index in [1.54, 1.807) is 17.4 Å². The summed E-state index contributed by atoms with van der Waals surface area (Å²) in [7, 11) is 0. The molecule has 0 radical (unpaired) electrons. The molecule has 0 bridgehead atoms. The summed E-state index contributed by atoms with van der Waals surface area (Å²) in [6, 6.07) is 17.3. The van der Waals surface area contributed by atoms with Gasteiger partial charge in [-0.2, -0.15) is 0 Å². The predicted octanol–water partition coefficient (Wildman–Crippen LogP) is 4.92. The standard InChI is InChI=1S/C18H15FN2S/c19-16-9-5-4-8-15(16)17-12-22-18(21(17)14-10-11-14)20-13-6-2-1-3-7-13/h1-9,12,14H,10-11H2. The van der Waals surface area contributed by atoms with Gasteiger partial charge in [-0.25, -0.2) is 9.38 Å². The molecule has 22 heavy (non-hydrogen) atoms. The Balaban J connectivity index is 1.89. The van der Waals surface area contributed by atoms with Crippen molar-refractivity contribution in [2.45, 2.75) is 18.9 Å². The molecule has 4 rings (SSSR count). The SMILES string of the molecule is Fc1ccccc1-c1csc(=Nc2ccccc2)n1C1CC1. The number of rotatable bonds is 3. The normalized spacial score (nSPS) is 15.2. The minimum Gasteiger partial charge on any atom is -0.313 e. The van der Waals surface area contributed by atoms with E-state index in [9.17, 15) is 4.39 Å². The smallest absolute Gasteiger partial charge is 0.190 e. The summed E-state index contributed by atoms with van der Waals surface area (Å²) in [5.74, 6) is -0.180. The highest BCUT2D eigenvalue weighted by Gasteiger charge is 2.28. The minimum absolute atomic E-state index is 0.180. The Morgan fingerprint density at radius 2 is 1.73 bits per heavy atom. The van der Waals surface area contributed by atoms with Crippen molar-refractivity contribution in [2.24, 2.45) is 4.99 Å². The van der Waals surface area contributed by atoms with Gasteiger partial charge in [-0.3, -0.25) is 0 Å². The lowest BCUT2D eigenvalue weighted by Gasteiger charge is -2.08. The van der Waals surface area contributed by atoms with Gasteiger partial charge in [0, 0.05) is 17.0 Å². The van der Waals surface area contributed by atoms with Gasteiger partial charge in [0.2, 0.25) is 0 Å². The molecule has 2 nitrogen and oxygen atoms in total. The van der Waals surface area contributed by atoms with Crippen LogP contribution < -0.4 is 4.80 Å². The molecule has 1 fully saturated rings. The number of nitrogens with zero attached hydrogens (tertiary/aromatic N) is 2. The lowest BCUT2D eigenvalue weighted by Crippen LogP contribution is -2.14. The highest BCUT2D eigenvalue weighted by atomic mass is 32.1. The molecule has 1 heterocycles. The van der Waals surface area contributed by atoms with E-state index in [2.05, 4.69) is 4.57 Å². The molecular formula is C18H15FN2S. The van der Waals surface area contributed by atoms with Crippen LogP contribution in [0.25, 0.3) is 11.3 Å². The Morgan fingerprint density at radius 3 is 2.45 bits per heavy atom. The zero-order chi connectivity index (χ0) is 14.9. The highest BCUT2D eigenvalue weighted by Crippen LogP contribution is 2.38. The number of benzene rings is 2. The Morgan fingerprint density at radius 1 is 1.00 bits per heavy atom. The number of aromatic nitrogens is 1. The average molecular weight is 310 g/mol. The minimum atomic E-state index is -0.180. The van der Waals surface area contributed by atoms with Gasteiger partial charge in [-0.05, 0) is 37.1 Å². The number of hydrogen-bond donors (Lipinski definition) is 0. The van der Waals surface area contributed by atoms with Crippen LogP contribution in [0.5, 0.6) is 0 Å². The first kappa shape index (κ1) is 13.5. The van der Waals surface area contributed by atoms with Crippen molar-refractivity contribution in [1.29, 1.82) is 0 Å². The Bertz CT molecular complexity index is 860. The van der Waals surface area contributed by atoms with E-state index < -0.39 is 0 Å². The molecule has 0 amide bonds. The lowest BCUT2D eigenvalue weighted by molar-refractivity contribution is 0.626. The van der Waals surface area contributed by atoms with Crippen molar-refractivity contribution in [3.63, 3.8) is 0 Å². The fourth-order valence-electron chi connectivity index (χ4n) is 2.57. The molecule has 0 atom stereocenters. The van der Waals surface area contributed by atoms with Gasteiger partial charge in [-0.15, -0.1) is 11.3 Å². The van der Waals surface area contributed by atoms with E-state index in [0.717, 1.165) is 29.0 Å². The summed E-state index contributed by atoms with van der Waals surface area (Å²) >= 11 is 1.57. The van der Waals surface area contributed by atoms with Crippen LogP contribution in [-0.4, -0.2) is 4.57 Å². The lowest BCUT2D eigenvalue weighted by atomic mass is 10.1. The first-order valence-electron chi connectivity index (χ1n) is 7.37. The fraction of sp³-hybridized carbons (Fsp3) is 0.167. The molecule has 4 heteroatoms. The van der Waals surface area contributed by atoms with Crippen molar-refractivity contribution >= 4 is 17.0 Å². The van der Waals surface area contributed by atoms with Crippen LogP contribution in [-0.2, 0) is 0 Å². The largest absolute Gasteiger partial charge is 0.313 e. The quantitative estimate of drug-likeness (QED) is 0.653. The molecule has 0 unspecified atom stereocenters. The first-order chi connectivity index (χ1) is 10.8. The molecule has 0 aliphatic heterocycles. The van der Waals surface area contributed by atoms with Gasteiger partial charge in [-0.1, -0.05) is 30.3 Å². The number of halogens is 1.